The number of para-hydroxylation sites is 1. The zero-order chi connectivity index (χ0) is 14.8. The van der Waals surface area contributed by atoms with E-state index in [1.807, 2.05) is 12.1 Å². The second kappa shape index (κ2) is 5.90. The minimum Gasteiger partial charge on any atom is -0.367 e. The number of rotatable bonds is 3. The molecule has 1 aliphatic heterocycles. The summed E-state index contributed by atoms with van der Waals surface area (Å²) in [5.74, 6) is -0.121. The van der Waals surface area contributed by atoms with Gasteiger partial charge < -0.3 is 9.47 Å². The molecule has 0 bridgehead atoms. The molecule has 0 unspecified atom stereocenters. The number of hydrogen-bond acceptors (Lipinski definition) is 2. The van der Waals surface area contributed by atoms with Crippen LogP contribution in [0, 0.1) is 12.7 Å². The number of piperazine rings is 1. The summed E-state index contributed by atoms with van der Waals surface area (Å²) in [4.78, 5) is 4.58. The van der Waals surface area contributed by atoms with Crippen LogP contribution in [0.2, 0.25) is 0 Å². The van der Waals surface area contributed by atoms with E-state index in [-0.39, 0.29) is 5.82 Å². The lowest BCUT2D eigenvalue weighted by molar-refractivity contribution is 0.249. The molecular weight excluding hydrogens is 265 g/mol. The van der Waals surface area contributed by atoms with Crippen molar-refractivity contribution in [3.63, 3.8) is 0 Å². The zero-order valence-electron chi connectivity index (χ0n) is 12.7. The van der Waals surface area contributed by atoms with E-state index >= 15 is 0 Å². The van der Waals surface area contributed by atoms with Gasteiger partial charge in [0.2, 0.25) is 0 Å². The van der Waals surface area contributed by atoms with Gasteiger partial charge in [0.15, 0.2) is 0 Å². The summed E-state index contributed by atoms with van der Waals surface area (Å²) >= 11 is 0. The van der Waals surface area contributed by atoms with Gasteiger partial charge in [-0.1, -0.05) is 12.1 Å². The van der Waals surface area contributed by atoms with Crippen molar-refractivity contribution in [3.05, 3.63) is 53.6 Å². The summed E-state index contributed by atoms with van der Waals surface area (Å²) in [7, 11) is 2.08. The molecule has 0 amide bonds. The van der Waals surface area contributed by atoms with Crippen molar-refractivity contribution in [2.45, 2.75) is 13.5 Å². The van der Waals surface area contributed by atoms with Gasteiger partial charge in [0.1, 0.15) is 5.82 Å². The standard InChI is InChI=1S/C17H22FN3/c1-14-11-15(12-19(14)2)13-20-7-9-21(10-8-20)17-6-4-3-5-16(17)18/h3-6,11-12H,7-10,13H2,1-2H3. The van der Waals surface area contributed by atoms with Crippen molar-refractivity contribution in [1.82, 2.24) is 9.47 Å². The lowest BCUT2D eigenvalue weighted by atomic mass is 10.2. The first kappa shape index (κ1) is 14.1. The molecule has 0 atom stereocenters. The quantitative estimate of drug-likeness (QED) is 0.860. The molecule has 1 aliphatic rings. The predicted molar refractivity (Wildman–Crippen MR) is 84.0 cm³/mol. The number of benzene rings is 1. The van der Waals surface area contributed by atoms with Crippen molar-refractivity contribution in [3.8, 4) is 0 Å². The third-order valence-electron chi connectivity index (χ3n) is 4.28. The summed E-state index contributed by atoms with van der Waals surface area (Å²) in [5.41, 5.74) is 3.37. The van der Waals surface area contributed by atoms with E-state index in [2.05, 4.69) is 40.6 Å². The largest absolute Gasteiger partial charge is 0.367 e. The Kier molecular flexibility index (Phi) is 3.97. The van der Waals surface area contributed by atoms with Crippen molar-refractivity contribution < 1.29 is 4.39 Å². The third-order valence-corrected chi connectivity index (χ3v) is 4.28. The van der Waals surface area contributed by atoms with E-state index in [9.17, 15) is 4.39 Å². The zero-order valence-corrected chi connectivity index (χ0v) is 12.7. The molecule has 3 rings (SSSR count). The van der Waals surface area contributed by atoms with Crippen LogP contribution >= 0.6 is 0 Å². The van der Waals surface area contributed by atoms with Crippen molar-refractivity contribution in [2.24, 2.45) is 7.05 Å². The smallest absolute Gasteiger partial charge is 0.146 e. The Balaban J connectivity index is 1.59. The van der Waals surface area contributed by atoms with E-state index in [0.29, 0.717) is 0 Å². The number of anilines is 1. The van der Waals surface area contributed by atoms with Gasteiger partial charge in [0, 0.05) is 51.7 Å². The molecule has 21 heavy (non-hydrogen) atoms. The molecule has 0 spiro atoms. The first-order valence-electron chi connectivity index (χ1n) is 7.47. The third kappa shape index (κ3) is 3.10. The van der Waals surface area contributed by atoms with E-state index in [1.165, 1.54) is 17.3 Å². The Morgan fingerprint density at radius 1 is 1.10 bits per heavy atom. The highest BCUT2D eigenvalue weighted by Gasteiger charge is 2.19. The SMILES string of the molecule is Cc1cc(CN2CCN(c3ccccc3F)CC2)cn1C. The van der Waals surface area contributed by atoms with Crippen molar-refractivity contribution in [2.75, 3.05) is 31.1 Å². The number of hydrogen-bond donors (Lipinski definition) is 0. The molecule has 112 valence electrons. The van der Waals surface area contributed by atoms with E-state index < -0.39 is 0 Å². The average molecular weight is 287 g/mol. The van der Waals surface area contributed by atoms with E-state index in [1.54, 1.807) is 6.07 Å². The summed E-state index contributed by atoms with van der Waals surface area (Å²) in [6, 6.07) is 9.29. The maximum absolute atomic E-state index is 13.8. The van der Waals surface area contributed by atoms with Gasteiger partial charge in [-0.15, -0.1) is 0 Å². The van der Waals surface area contributed by atoms with Gasteiger partial charge in [0.25, 0.3) is 0 Å². The van der Waals surface area contributed by atoms with Gasteiger partial charge in [-0.25, -0.2) is 4.39 Å². The molecule has 0 radical (unpaired) electrons. The first-order chi connectivity index (χ1) is 10.1. The van der Waals surface area contributed by atoms with Crippen LogP contribution in [-0.2, 0) is 13.6 Å². The maximum Gasteiger partial charge on any atom is 0.146 e. The van der Waals surface area contributed by atoms with Gasteiger partial charge in [-0.05, 0) is 30.7 Å². The van der Waals surface area contributed by atoms with Crippen LogP contribution in [-0.4, -0.2) is 35.6 Å². The number of nitrogens with zero attached hydrogens (tertiary/aromatic N) is 3. The second-order valence-corrected chi connectivity index (χ2v) is 5.82. The molecule has 2 aromatic rings. The van der Waals surface area contributed by atoms with Crippen molar-refractivity contribution >= 4 is 5.69 Å². The molecule has 0 N–H and O–H groups in total. The molecule has 2 heterocycles. The Bertz CT molecular complexity index is 593. The topological polar surface area (TPSA) is 11.4 Å². The van der Waals surface area contributed by atoms with Gasteiger partial charge in [-0.2, -0.15) is 0 Å². The average Bonchev–Trinajstić information content (AvgIpc) is 2.79. The maximum atomic E-state index is 13.8. The monoisotopic (exact) mass is 287 g/mol. The Morgan fingerprint density at radius 2 is 1.81 bits per heavy atom. The second-order valence-electron chi connectivity index (χ2n) is 5.82. The lowest BCUT2D eigenvalue weighted by Crippen LogP contribution is -2.46. The summed E-state index contributed by atoms with van der Waals surface area (Å²) in [6.07, 6.45) is 2.19. The van der Waals surface area contributed by atoms with Crippen LogP contribution in [0.4, 0.5) is 10.1 Å². The van der Waals surface area contributed by atoms with E-state index in [4.69, 9.17) is 0 Å². The first-order valence-corrected chi connectivity index (χ1v) is 7.47. The minimum atomic E-state index is -0.121. The fraction of sp³-hybridized carbons (Fsp3) is 0.412. The highest BCUT2D eigenvalue weighted by Crippen LogP contribution is 2.20. The molecule has 1 saturated heterocycles. The summed E-state index contributed by atoms with van der Waals surface area (Å²) in [5, 5.41) is 0. The summed E-state index contributed by atoms with van der Waals surface area (Å²) < 4.78 is 16.0. The Hall–Kier alpha value is -1.81. The van der Waals surface area contributed by atoms with Gasteiger partial charge in [-0.3, -0.25) is 4.90 Å². The van der Waals surface area contributed by atoms with Crippen LogP contribution in [0.5, 0.6) is 0 Å². The molecule has 1 fully saturated rings. The molecule has 0 saturated carbocycles. The predicted octanol–water partition coefficient (Wildman–Crippen LogP) is 2.79. The Labute approximate surface area is 125 Å². The Morgan fingerprint density at radius 3 is 2.43 bits per heavy atom. The fourth-order valence-corrected chi connectivity index (χ4v) is 2.96. The minimum absolute atomic E-state index is 0.121. The lowest BCUT2D eigenvalue weighted by Gasteiger charge is -2.36. The fourth-order valence-electron chi connectivity index (χ4n) is 2.96. The van der Waals surface area contributed by atoms with E-state index in [0.717, 1.165) is 38.4 Å². The van der Waals surface area contributed by atoms with Crippen molar-refractivity contribution in [1.29, 1.82) is 0 Å². The molecule has 4 heteroatoms. The summed E-state index contributed by atoms with van der Waals surface area (Å²) in [6.45, 7) is 6.82. The normalized spacial score (nSPS) is 16.4. The van der Waals surface area contributed by atoms with Crippen LogP contribution in [0.25, 0.3) is 0 Å². The molecule has 0 aliphatic carbocycles. The molecule has 3 nitrogen and oxygen atoms in total. The molecular formula is C17H22FN3. The highest BCUT2D eigenvalue weighted by molar-refractivity contribution is 5.48. The van der Waals surface area contributed by atoms with Crippen LogP contribution < -0.4 is 4.90 Å². The number of aromatic nitrogens is 1. The number of halogens is 1. The van der Waals surface area contributed by atoms with Crippen LogP contribution in [0.3, 0.4) is 0 Å². The van der Waals surface area contributed by atoms with Gasteiger partial charge >= 0.3 is 0 Å². The molecule has 1 aromatic heterocycles. The number of aryl methyl sites for hydroxylation is 2. The highest BCUT2D eigenvalue weighted by atomic mass is 19.1. The van der Waals surface area contributed by atoms with Gasteiger partial charge in [0.05, 0.1) is 5.69 Å². The van der Waals surface area contributed by atoms with Crippen LogP contribution in [0.1, 0.15) is 11.3 Å². The van der Waals surface area contributed by atoms with Crippen LogP contribution in [0.15, 0.2) is 36.5 Å². The molecule has 1 aromatic carbocycles.